The van der Waals surface area contributed by atoms with Crippen LogP contribution in [0.5, 0.6) is 0 Å². The maximum atomic E-state index is 5.20. The Labute approximate surface area is 81.7 Å². The molecule has 13 heavy (non-hydrogen) atoms. The van der Waals surface area contributed by atoms with Crippen LogP contribution in [0.4, 0.5) is 0 Å². The third kappa shape index (κ3) is 3.38. The molecule has 2 heteroatoms. The van der Waals surface area contributed by atoms with Crippen LogP contribution in [0.3, 0.4) is 0 Å². The molecule has 2 nitrogen and oxygen atoms in total. The third-order valence-corrected chi connectivity index (χ3v) is 2.78. The molecule has 2 atom stereocenters. The highest BCUT2D eigenvalue weighted by Crippen LogP contribution is 2.14. The fourth-order valence-corrected chi connectivity index (χ4v) is 1.99. The Balaban J connectivity index is 2.22. The van der Waals surface area contributed by atoms with Crippen molar-refractivity contribution in [2.45, 2.75) is 25.8 Å². The number of piperidine rings is 1. The minimum Gasteiger partial charge on any atom is -0.313 e. The van der Waals surface area contributed by atoms with Crippen molar-refractivity contribution in [3.8, 4) is 12.3 Å². The van der Waals surface area contributed by atoms with Crippen LogP contribution >= 0.6 is 0 Å². The van der Waals surface area contributed by atoms with E-state index in [1.165, 1.54) is 19.5 Å². The van der Waals surface area contributed by atoms with Gasteiger partial charge >= 0.3 is 0 Å². The van der Waals surface area contributed by atoms with Crippen LogP contribution in [0, 0.1) is 18.3 Å². The van der Waals surface area contributed by atoms with Crippen molar-refractivity contribution in [2.75, 3.05) is 26.7 Å². The van der Waals surface area contributed by atoms with Crippen LogP contribution in [0.15, 0.2) is 0 Å². The van der Waals surface area contributed by atoms with Gasteiger partial charge in [-0.1, -0.05) is 6.92 Å². The quantitative estimate of drug-likeness (QED) is 0.513. The van der Waals surface area contributed by atoms with E-state index in [-0.39, 0.29) is 0 Å². The van der Waals surface area contributed by atoms with Gasteiger partial charge in [0.2, 0.25) is 0 Å². The monoisotopic (exact) mass is 180 g/mol. The molecule has 0 spiro atoms. The summed E-state index contributed by atoms with van der Waals surface area (Å²) in [5.74, 6) is 3.40. The van der Waals surface area contributed by atoms with Gasteiger partial charge in [0.1, 0.15) is 0 Å². The first kappa shape index (κ1) is 10.6. The number of likely N-dealkylation sites (tertiary alicyclic amines) is 1. The van der Waals surface area contributed by atoms with Gasteiger partial charge in [-0.05, 0) is 25.9 Å². The zero-order valence-electron chi connectivity index (χ0n) is 8.71. The summed E-state index contributed by atoms with van der Waals surface area (Å²) in [6.07, 6.45) is 7.30. The maximum absolute atomic E-state index is 5.20. The second-order valence-corrected chi connectivity index (χ2v) is 4.04. The Kier molecular flexibility index (Phi) is 4.27. The Hall–Kier alpha value is -0.520. The minimum absolute atomic E-state index is 0.671. The molecule has 1 aliphatic rings. The molecular formula is C11H20N2. The van der Waals surface area contributed by atoms with Crippen molar-refractivity contribution >= 4 is 0 Å². The zero-order valence-corrected chi connectivity index (χ0v) is 8.71. The van der Waals surface area contributed by atoms with Gasteiger partial charge in [0.25, 0.3) is 0 Å². The summed E-state index contributed by atoms with van der Waals surface area (Å²) in [5.41, 5.74) is 0. The number of hydrogen-bond donors (Lipinski definition) is 1. The van der Waals surface area contributed by atoms with Crippen LogP contribution in [0.2, 0.25) is 0 Å². The SMILES string of the molecule is C#CCCNC1CCN(C)CC1C. The fraction of sp³-hybridized carbons (Fsp3) is 0.818. The summed E-state index contributed by atoms with van der Waals surface area (Å²) in [7, 11) is 2.19. The van der Waals surface area contributed by atoms with Crippen LogP contribution in [-0.4, -0.2) is 37.6 Å². The van der Waals surface area contributed by atoms with Crippen molar-refractivity contribution in [2.24, 2.45) is 5.92 Å². The largest absolute Gasteiger partial charge is 0.313 e. The number of nitrogens with zero attached hydrogens (tertiary/aromatic N) is 1. The smallest absolute Gasteiger partial charge is 0.0212 e. The first-order chi connectivity index (χ1) is 6.24. The van der Waals surface area contributed by atoms with Crippen LogP contribution in [-0.2, 0) is 0 Å². The van der Waals surface area contributed by atoms with E-state index >= 15 is 0 Å². The molecule has 0 radical (unpaired) electrons. The molecule has 0 bridgehead atoms. The highest BCUT2D eigenvalue weighted by molar-refractivity contribution is 4.87. The van der Waals surface area contributed by atoms with E-state index in [0.717, 1.165) is 18.9 Å². The highest BCUT2D eigenvalue weighted by Gasteiger charge is 2.22. The molecule has 1 rings (SSSR count). The maximum Gasteiger partial charge on any atom is 0.0212 e. The van der Waals surface area contributed by atoms with Crippen molar-refractivity contribution in [3.05, 3.63) is 0 Å². The summed E-state index contributed by atoms with van der Waals surface area (Å²) in [4.78, 5) is 2.39. The Bertz CT molecular complexity index is 183. The van der Waals surface area contributed by atoms with Crippen LogP contribution < -0.4 is 5.32 Å². The number of rotatable bonds is 3. The molecule has 0 aromatic heterocycles. The lowest BCUT2D eigenvalue weighted by atomic mass is 9.94. The third-order valence-electron chi connectivity index (χ3n) is 2.78. The van der Waals surface area contributed by atoms with Gasteiger partial charge in [0.05, 0.1) is 0 Å². The fourth-order valence-electron chi connectivity index (χ4n) is 1.99. The predicted octanol–water partition coefficient (Wildman–Crippen LogP) is 0.940. The van der Waals surface area contributed by atoms with E-state index < -0.39 is 0 Å². The van der Waals surface area contributed by atoms with E-state index in [1.807, 2.05) is 0 Å². The van der Waals surface area contributed by atoms with E-state index in [2.05, 4.69) is 30.1 Å². The van der Waals surface area contributed by atoms with E-state index in [4.69, 9.17) is 6.42 Å². The molecule has 0 aromatic carbocycles. The van der Waals surface area contributed by atoms with Gasteiger partial charge in [0, 0.05) is 25.6 Å². The van der Waals surface area contributed by atoms with Gasteiger partial charge < -0.3 is 10.2 Å². The first-order valence-corrected chi connectivity index (χ1v) is 5.09. The summed E-state index contributed by atoms with van der Waals surface area (Å²) < 4.78 is 0. The van der Waals surface area contributed by atoms with E-state index in [9.17, 15) is 0 Å². The molecule has 1 fully saturated rings. The molecule has 0 amide bonds. The molecular weight excluding hydrogens is 160 g/mol. The number of nitrogens with one attached hydrogen (secondary N) is 1. The van der Waals surface area contributed by atoms with Crippen molar-refractivity contribution in [3.63, 3.8) is 0 Å². The topological polar surface area (TPSA) is 15.3 Å². The second-order valence-electron chi connectivity index (χ2n) is 4.04. The summed E-state index contributed by atoms with van der Waals surface area (Å²) >= 11 is 0. The molecule has 74 valence electrons. The van der Waals surface area contributed by atoms with Gasteiger partial charge in [0.15, 0.2) is 0 Å². The van der Waals surface area contributed by atoms with Crippen molar-refractivity contribution < 1.29 is 0 Å². The molecule has 2 unspecified atom stereocenters. The normalized spacial score (nSPS) is 29.9. The van der Waals surface area contributed by atoms with Gasteiger partial charge in [-0.3, -0.25) is 0 Å². The van der Waals surface area contributed by atoms with E-state index in [0.29, 0.717) is 6.04 Å². The summed E-state index contributed by atoms with van der Waals surface area (Å²) in [6, 6.07) is 0.671. The standard InChI is InChI=1S/C11H20N2/c1-4-5-7-12-11-6-8-13(3)9-10(11)2/h1,10-12H,5-9H2,2-3H3. The highest BCUT2D eigenvalue weighted by atomic mass is 15.1. The Morgan fingerprint density at radius 3 is 3.00 bits per heavy atom. The molecule has 1 saturated heterocycles. The van der Waals surface area contributed by atoms with E-state index in [1.54, 1.807) is 0 Å². The lowest BCUT2D eigenvalue weighted by Crippen LogP contribution is -2.47. The van der Waals surface area contributed by atoms with Crippen LogP contribution in [0.25, 0.3) is 0 Å². The molecule has 0 saturated carbocycles. The van der Waals surface area contributed by atoms with Gasteiger partial charge in [-0.2, -0.15) is 0 Å². The zero-order chi connectivity index (χ0) is 9.68. The molecule has 0 aromatic rings. The predicted molar refractivity (Wildman–Crippen MR) is 56.5 cm³/mol. The average molecular weight is 180 g/mol. The lowest BCUT2D eigenvalue weighted by Gasteiger charge is -2.35. The molecule has 1 aliphatic heterocycles. The number of terminal acetylenes is 1. The van der Waals surface area contributed by atoms with Crippen molar-refractivity contribution in [1.29, 1.82) is 0 Å². The molecule has 1 N–H and O–H groups in total. The number of hydrogen-bond acceptors (Lipinski definition) is 2. The summed E-state index contributed by atoms with van der Waals surface area (Å²) in [6.45, 7) is 5.68. The van der Waals surface area contributed by atoms with Gasteiger partial charge in [-0.15, -0.1) is 12.3 Å². The molecule has 1 heterocycles. The van der Waals surface area contributed by atoms with Crippen molar-refractivity contribution in [1.82, 2.24) is 10.2 Å². The van der Waals surface area contributed by atoms with Crippen LogP contribution in [0.1, 0.15) is 19.8 Å². The van der Waals surface area contributed by atoms with Gasteiger partial charge in [-0.25, -0.2) is 0 Å². The lowest BCUT2D eigenvalue weighted by molar-refractivity contribution is 0.176. The second kappa shape index (κ2) is 5.26. The minimum atomic E-state index is 0.671. The average Bonchev–Trinajstić information content (AvgIpc) is 2.09. The first-order valence-electron chi connectivity index (χ1n) is 5.09. The Morgan fingerprint density at radius 2 is 2.38 bits per heavy atom. The molecule has 0 aliphatic carbocycles. The summed E-state index contributed by atoms with van der Waals surface area (Å²) in [5, 5.41) is 3.52. The Morgan fingerprint density at radius 1 is 1.62 bits per heavy atom.